The minimum absolute atomic E-state index is 0.202. The summed E-state index contributed by atoms with van der Waals surface area (Å²) >= 11 is 0. The summed E-state index contributed by atoms with van der Waals surface area (Å²) in [6, 6.07) is 7.33. The number of hydrogen-bond acceptors (Lipinski definition) is 5. The van der Waals surface area contributed by atoms with Crippen molar-refractivity contribution in [1.82, 2.24) is 4.98 Å². The number of nitrogens with one attached hydrogen (secondary N) is 1. The van der Waals surface area contributed by atoms with Crippen molar-refractivity contribution in [2.75, 3.05) is 11.9 Å². The number of fused-ring (bicyclic) bond motifs is 1. The Labute approximate surface area is 141 Å². The smallest absolute Gasteiger partial charge is 0.412 e. The lowest BCUT2D eigenvalue weighted by molar-refractivity contribution is -0.142. The summed E-state index contributed by atoms with van der Waals surface area (Å²) < 4.78 is 10.2. The second-order valence-corrected chi connectivity index (χ2v) is 6.36. The minimum Gasteiger partial charge on any atom is -0.466 e. The van der Waals surface area contributed by atoms with Gasteiger partial charge in [0.1, 0.15) is 5.60 Å². The van der Waals surface area contributed by atoms with E-state index in [0.29, 0.717) is 12.3 Å². The highest BCUT2D eigenvalue weighted by Crippen LogP contribution is 2.19. The van der Waals surface area contributed by atoms with E-state index in [1.54, 1.807) is 40.0 Å². The predicted octanol–water partition coefficient (Wildman–Crippen LogP) is 3.69. The van der Waals surface area contributed by atoms with Crippen LogP contribution in [0.5, 0.6) is 0 Å². The van der Waals surface area contributed by atoms with E-state index in [4.69, 9.17) is 9.47 Å². The molecule has 1 aromatic heterocycles. The molecule has 0 saturated heterocycles. The van der Waals surface area contributed by atoms with Crippen molar-refractivity contribution in [2.45, 2.75) is 39.7 Å². The van der Waals surface area contributed by atoms with Crippen LogP contribution in [0.15, 0.2) is 30.5 Å². The molecule has 0 aliphatic carbocycles. The van der Waals surface area contributed by atoms with Crippen molar-refractivity contribution in [3.8, 4) is 0 Å². The van der Waals surface area contributed by atoms with Crippen molar-refractivity contribution in [1.29, 1.82) is 0 Å². The summed E-state index contributed by atoms with van der Waals surface area (Å²) in [5.74, 6) is -0.271. The molecule has 1 N–H and O–H groups in total. The zero-order valence-electron chi connectivity index (χ0n) is 14.4. The number of esters is 1. The van der Waals surface area contributed by atoms with Crippen LogP contribution >= 0.6 is 0 Å². The molecule has 0 atom stereocenters. The van der Waals surface area contributed by atoms with Gasteiger partial charge in [-0.25, -0.2) is 4.79 Å². The number of nitrogens with zero attached hydrogens (tertiary/aromatic N) is 1. The first-order chi connectivity index (χ1) is 11.3. The normalized spacial score (nSPS) is 11.2. The van der Waals surface area contributed by atoms with Crippen LogP contribution in [0.4, 0.5) is 10.5 Å². The third kappa shape index (κ3) is 5.22. The Bertz CT molecular complexity index is 750. The molecule has 0 bridgehead atoms. The number of rotatable bonds is 4. The topological polar surface area (TPSA) is 77.5 Å². The van der Waals surface area contributed by atoms with Crippen LogP contribution in [-0.4, -0.2) is 29.3 Å². The highest BCUT2D eigenvalue weighted by atomic mass is 16.6. The van der Waals surface area contributed by atoms with E-state index in [0.717, 1.165) is 16.5 Å². The predicted molar refractivity (Wildman–Crippen MR) is 91.9 cm³/mol. The molecule has 0 radical (unpaired) electrons. The first kappa shape index (κ1) is 17.7. The van der Waals surface area contributed by atoms with Gasteiger partial charge in [0.2, 0.25) is 0 Å². The molecule has 1 aromatic carbocycles. The lowest BCUT2D eigenvalue weighted by Gasteiger charge is -2.19. The summed E-state index contributed by atoms with van der Waals surface area (Å²) in [5.41, 5.74) is 1.57. The van der Waals surface area contributed by atoms with Gasteiger partial charge in [-0.05, 0) is 51.5 Å². The fourth-order valence-corrected chi connectivity index (χ4v) is 2.16. The van der Waals surface area contributed by atoms with Crippen LogP contribution in [0.1, 0.15) is 33.3 Å². The van der Waals surface area contributed by atoms with Crippen LogP contribution in [0.2, 0.25) is 0 Å². The molecule has 2 rings (SSSR count). The highest BCUT2D eigenvalue weighted by Gasteiger charge is 2.16. The first-order valence-corrected chi connectivity index (χ1v) is 7.81. The van der Waals surface area contributed by atoms with Crippen molar-refractivity contribution in [2.24, 2.45) is 0 Å². The maximum absolute atomic E-state index is 11.8. The van der Waals surface area contributed by atoms with Crippen molar-refractivity contribution < 1.29 is 19.1 Å². The molecule has 2 aromatic rings. The number of anilines is 1. The Morgan fingerprint density at radius 1 is 1.21 bits per heavy atom. The number of carbonyl (C=O) groups excluding carboxylic acids is 2. The molecule has 6 nitrogen and oxygen atoms in total. The van der Waals surface area contributed by atoms with Gasteiger partial charge in [0.25, 0.3) is 0 Å². The zero-order chi connectivity index (χ0) is 17.7. The SMILES string of the molecule is CCOC(=O)Cc1ccc2ncc(NC(=O)OC(C)(C)C)cc2c1. The fourth-order valence-electron chi connectivity index (χ4n) is 2.16. The van der Waals surface area contributed by atoms with Crippen LogP contribution in [0, 0.1) is 0 Å². The van der Waals surface area contributed by atoms with Gasteiger partial charge < -0.3 is 9.47 Å². The number of aromatic nitrogens is 1. The summed E-state index contributed by atoms with van der Waals surface area (Å²) in [6.07, 6.45) is 1.23. The number of carbonyl (C=O) groups is 2. The number of amides is 1. The summed E-state index contributed by atoms with van der Waals surface area (Å²) in [4.78, 5) is 27.7. The van der Waals surface area contributed by atoms with Gasteiger partial charge >= 0.3 is 12.1 Å². The Morgan fingerprint density at radius 3 is 2.62 bits per heavy atom. The molecule has 6 heteroatoms. The quantitative estimate of drug-likeness (QED) is 0.865. The summed E-state index contributed by atoms with van der Waals surface area (Å²) in [7, 11) is 0. The fraction of sp³-hybridized carbons (Fsp3) is 0.389. The van der Waals surface area contributed by atoms with Crippen LogP contribution in [-0.2, 0) is 20.7 Å². The standard InChI is InChI=1S/C18H22N2O4/c1-5-23-16(21)9-12-6-7-15-13(8-12)10-14(11-19-15)20-17(22)24-18(2,3)4/h6-8,10-11H,5,9H2,1-4H3,(H,20,22). The number of benzene rings is 1. The Hall–Kier alpha value is -2.63. The molecule has 24 heavy (non-hydrogen) atoms. The molecule has 0 aliphatic rings. The van der Waals surface area contributed by atoms with E-state index in [1.807, 2.05) is 18.2 Å². The molecule has 0 spiro atoms. The van der Waals surface area contributed by atoms with Crippen molar-refractivity contribution in [3.05, 3.63) is 36.0 Å². The van der Waals surface area contributed by atoms with E-state index >= 15 is 0 Å². The zero-order valence-corrected chi connectivity index (χ0v) is 14.4. The number of pyridine rings is 1. The van der Waals surface area contributed by atoms with Crippen LogP contribution in [0.25, 0.3) is 10.9 Å². The second kappa shape index (κ2) is 7.29. The van der Waals surface area contributed by atoms with Gasteiger partial charge in [-0.2, -0.15) is 0 Å². The second-order valence-electron chi connectivity index (χ2n) is 6.36. The maximum Gasteiger partial charge on any atom is 0.412 e. The molecular formula is C18H22N2O4. The lowest BCUT2D eigenvalue weighted by atomic mass is 10.1. The average molecular weight is 330 g/mol. The van der Waals surface area contributed by atoms with Gasteiger partial charge in [0.15, 0.2) is 0 Å². The number of ether oxygens (including phenoxy) is 2. The lowest BCUT2D eigenvalue weighted by Crippen LogP contribution is -2.27. The summed E-state index contributed by atoms with van der Waals surface area (Å²) in [5, 5.41) is 3.48. The molecule has 0 aliphatic heterocycles. The number of hydrogen-bond donors (Lipinski definition) is 1. The molecule has 0 fully saturated rings. The molecule has 0 saturated carbocycles. The Morgan fingerprint density at radius 2 is 1.96 bits per heavy atom. The van der Waals surface area contributed by atoms with Gasteiger partial charge in [-0.3, -0.25) is 15.1 Å². The van der Waals surface area contributed by atoms with Gasteiger partial charge in [-0.15, -0.1) is 0 Å². The van der Waals surface area contributed by atoms with Crippen LogP contribution in [0.3, 0.4) is 0 Å². The highest BCUT2D eigenvalue weighted by molar-refractivity contribution is 5.89. The minimum atomic E-state index is -0.568. The van der Waals surface area contributed by atoms with E-state index in [-0.39, 0.29) is 12.4 Å². The third-order valence-corrected chi connectivity index (χ3v) is 3.04. The third-order valence-electron chi connectivity index (χ3n) is 3.04. The largest absolute Gasteiger partial charge is 0.466 e. The van der Waals surface area contributed by atoms with Crippen LogP contribution < -0.4 is 5.32 Å². The molecule has 0 unspecified atom stereocenters. The van der Waals surface area contributed by atoms with E-state index in [9.17, 15) is 9.59 Å². The first-order valence-electron chi connectivity index (χ1n) is 7.81. The van der Waals surface area contributed by atoms with Crippen molar-refractivity contribution >= 4 is 28.7 Å². The van der Waals surface area contributed by atoms with Gasteiger partial charge in [-0.1, -0.05) is 6.07 Å². The monoisotopic (exact) mass is 330 g/mol. The summed E-state index contributed by atoms with van der Waals surface area (Å²) in [6.45, 7) is 7.53. The molecule has 128 valence electrons. The molecule has 1 heterocycles. The van der Waals surface area contributed by atoms with E-state index in [2.05, 4.69) is 10.3 Å². The van der Waals surface area contributed by atoms with E-state index in [1.165, 1.54) is 0 Å². The van der Waals surface area contributed by atoms with Gasteiger partial charge in [0, 0.05) is 5.39 Å². The maximum atomic E-state index is 11.8. The average Bonchev–Trinajstić information content (AvgIpc) is 2.45. The van der Waals surface area contributed by atoms with Gasteiger partial charge in [0.05, 0.1) is 30.4 Å². The Kier molecular flexibility index (Phi) is 5.39. The van der Waals surface area contributed by atoms with E-state index < -0.39 is 11.7 Å². The van der Waals surface area contributed by atoms with Crippen molar-refractivity contribution in [3.63, 3.8) is 0 Å². The molecule has 1 amide bonds. The molecular weight excluding hydrogens is 308 g/mol. The Balaban J connectivity index is 2.16.